The van der Waals surface area contributed by atoms with E-state index >= 15 is 0 Å². The molecule has 0 bridgehead atoms. The molecule has 2 aromatic heterocycles. The van der Waals surface area contributed by atoms with E-state index in [4.69, 9.17) is 11.6 Å². The van der Waals surface area contributed by atoms with Gasteiger partial charge < -0.3 is 5.32 Å². The van der Waals surface area contributed by atoms with Gasteiger partial charge in [-0.15, -0.1) is 0 Å². The SMILES string of the molecule is CC(NC(=O)c1ccc2nc(C(F)(F)C(F)(F)F)ccc2c1)c1cnn(C)c1Cl. The number of hydrogen-bond donors (Lipinski definition) is 1. The Morgan fingerprint density at radius 1 is 1.17 bits per heavy atom. The molecule has 3 rings (SSSR count). The standard InChI is InChI=1S/C18H14ClF5N4O/c1-9(12-8-25-28(2)15(12)19)26-16(29)11-3-5-13-10(7-11)4-6-14(27-13)17(20,21)18(22,23)24/h3-9H,1-2H3,(H,26,29). The first-order chi connectivity index (χ1) is 13.4. The molecule has 2 heterocycles. The second kappa shape index (κ2) is 7.25. The Morgan fingerprint density at radius 2 is 1.86 bits per heavy atom. The van der Waals surface area contributed by atoms with Gasteiger partial charge in [0.25, 0.3) is 5.91 Å². The molecule has 0 saturated heterocycles. The van der Waals surface area contributed by atoms with Crippen LogP contribution in [-0.2, 0) is 13.0 Å². The fourth-order valence-corrected chi connectivity index (χ4v) is 2.93. The molecule has 0 aliphatic rings. The van der Waals surface area contributed by atoms with Gasteiger partial charge in [-0.1, -0.05) is 17.7 Å². The van der Waals surface area contributed by atoms with Crippen LogP contribution < -0.4 is 5.32 Å². The zero-order valence-corrected chi connectivity index (χ0v) is 15.8. The van der Waals surface area contributed by atoms with E-state index in [9.17, 15) is 26.7 Å². The van der Waals surface area contributed by atoms with Crippen LogP contribution in [0.15, 0.2) is 36.5 Å². The summed E-state index contributed by atoms with van der Waals surface area (Å²) in [6.07, 6.45) is -4.24. The molecule has 0 aliphatic carbocycles. The molecule has 1 unspecified atom stereocenters. The monoisotopic (exact) mass is 432 g/mol. The lowest BCUT2D eigenvalue weighted by atomic mass is 10.1. The van der Waals surface area contributed by atoms with Gasteiger partial charge in [0.15, 0.2) is 0 Å². The van der Waals surface area contributed by atoms with E-state index < -0.39 is 29.7 Å². The lowest BCUT2D eigenvalue weighted by molar-refractivity contribution is -0.290. The van der Waals surface area contributed by atoms with Crippen molar-refractivity contribution in [1.82, 2.24) is 20.1 Å². The largest absolute Gasteiger partial charge is 0.459 e. The number of pyridine rings is 1. The number of fused-ring (bicyclic) bond motifs is 1. The van der Waals surface area contributed by atoms with Crippen molar-refractivity contribution in [2.45, 2.75) is 25.1 Å². The molecule has 1 aromatic carbocycles. The molecule has 1 atom stereocenters. The zero-order chi connectivity index (χ0) is 21.6. The van der Waals surface area contributed by atoms with Gasteiger partial charge >= 0.3 is 12.1 Å². The van der Waals surface area contributed by atoms with E-state index in [1.807, 2.05) is 0 Å². The maximum absolute atomic E-state index is 13.5. The van der Waals surface area contributed by atoms with E-state index in [1.165, 1.54) is 29.1 Å². The van der Waals surface area contributed by atoms with Crippen LogP contribution in [0, 0.1) is 0 Å². The van der Waals surface area contributed by atoms with Gasteiger partial charge in [0.05, 0.1) is 17.8 Å². The summed E-state index contributed by atoms with van der Waals surface area (Å²) in [4.78, 5) is 15.9. The predicted octanol–water partition coefficient (Wildman–Crippen LogP) is 4.77. The van der Waals surface area contributed by atoms with E-state index in [-0.39, 0.29) is 16.5 Å². The van der Waals surface area contributed by atoms with Crippen LogP contribution >= 0.6 is 11.6 Å². The Balaban J connectivity index is 1.85. The van der Waals surface area contributed by atoms with Crippen LogP contribution in [0.5, 0.6) is 0 Å². The van der Waals surface area contributed by atoms with Crippen LogP contribution in [-0.4, -0.2) is 26.8 Å². The number of halogens is 6. The number of aromatic nitrogens is 3. The predicted molar refractivity (Wildman–Crippen MR) is 95.8 cm³/mol. The van der Waals surface area contributed by atoms with Crippen LogP contribution in [0.25, 0.3) is 10.9 Å². The van der Waals surface area contributed by atoms with E-state index in [0.717, 1.165) is 6.07 Å². The summed E-state index contributed by atoms with van der Waals surface area (Å²) in [7, 11) is 1.65. The van der Waals surface area contributed by atoms with Crippen LogP contribution in [0.4, 0.5) is 22.0 Å². The van der Waals surface area contributed by atoms with Gasteiger partial charge in [0.2, 0.25) is 0 Å². The Bertz CT molecular complexity index is 1080. The van der Waals surface area contributed by atoms with Gasteiger partial charge in [-0.2, -0.15) is 27.1 Å². The van der Waals surface area contributed by atoms with E-state index in [1.54, 1.807) is 14.0 Å². The maximum Gasteiger partial charge on any atom is 0.459 e. The first kappa shape index (κ1) is 21.0. The molecule has 0 spiro atoms. The van der Waals surface area contributed by atoms with Crippen LogP contribution in [0.3, 0.4) is 0 Å². The first-order valence-corrected chi connectivity index (χ1v) is 8.63. The number of aryl methyl sites for hydroxylation is 1. The number of amides is 1. The number of carbonyl (C=O) groups excluding carboxylic acids is 1. The first-order valence-electron chi connectivity index (χ1n) is 8.26. The molecule has 29 heavy (non-hydrogen) atoms. The van der Waals surface area contributed by atoms with Crippen molar-refractivity contribution in [3.05, 3.63) is 58.5 Å². The van der Waals surface area contributed by atoms with Gasteiger partial charge in [-0.05, 0) is 31.2 Å². The van der Waals surface area contributed by atoms with Crippen LogP contribution in [0.2, 0.25) is 5.15 Å². The summed E-state index contributed by atoms with van der Waals surface area (Å²) in [6.45, 7) is 1.70. The fraction of sp³-hybridized carbons (Fsp3) is 0.278. The number of rotatable bonds is 4. The number of carbonyl (C=O) groups is 1. The third-order valence-corrected chi connectivity index (χ3v) is 4.80. The average molecular weight is 433 g/mol. The number of alkyl halides is 5. The van der Waals surface area contributed by atoms with Crippen molar-refractivity contribution in [2.75, 3.05) is 0 Å². The minimum atomic E-state index is -5.75. The molecule has 5 nitrogen and oxygen atoms in total. The summed E-state index contributed by atoms with van der Waals surface area (Å²) in [5, 5.41) is 7.31. The maximum atomic E-state index is 13.5. The third kappa shape index (κ3) is 3.89. The average Bonchev–Trinajstić information content (AvgIpc) is 2.98. The summed E-state index contributed by atoms with van der Waals surface area (Å²) < 4.78 is 65.9. The molecule has 0 saturated carbocycles. The second-order valence-electron chi connectivity index (χ2n) is 6.39. The van der Waals surface area contributed by atoms with E-state index in [0.29, 0.717) is 16.8 Å². The minimum Gasteiger partial charge on any atom is -0.345 e. The lowest BCUT2D eigenvalue weighted by Crippen LogP contribution is -2.34. The molecule has 1 amide bonds. The summed E-state index contributed by atoms with van der Waals surface area (Å²) >= 11 is 6.09. The number of nitrogens with one attached hydrogen (secondary N) is 1. The summed E-state index contributed by atoms with van der Waals surface area (Å²) in [5.74, 6) is -5.56. The van der Waals surface area contributed by atoms with Crippen molar-refractivity contribution in [2.24, 2.45) is 7.05 Å². The molecule has 0 radical (unpaired) electrons. The molecule has 0 aliphatic heterocycles. The quantitative estimate of drug-likeness (QED) is 0.604. The number of hydrogen-bond acceptors (Lipinski definition) is 3. The Hall–Kier alpha value is -2.75. The topological polar surface area (TPSA) is 59.8 Å². The summed E-state index contributed by atoms with van der Waals surface area (Å²) in [5.41, 5.74) is -0.716. The smallest absolute Gasteiger partial charge is 0.345 e. The van der Waals surface area contributed by atoms with E-state index in [2.05, 4.69) is 15.4 Å². The highest BCUT2D eigenvalue weighted by atomic mass is 35.5. The van der Waals surface area contributed by atoms with Gasteiger partial charge in [0.1, 0.15) is 10.8 Å². The molecular formula is C18H14ClF5N4O. The number of benzene rings is 1. The molecule has 3 aromatic rings. The van der Waals surface area contributed by atoms with Gasteiger partial charge in [-0.25, -0.2) is 4.98 Å². The van der Waals surface area contributed by atoms with Gasteiger partial charge in [-0.3, -0.25) is 9.48 Å². The van der Waals surface area contributed by atoms with Crippen molar-refractivity contribution < 1.29 is 26.7 Å². The molecule has 1 N–H and O–H groups in total. The zero-order valence-electron chi connectivity index (χ0n) is 15.1. The van der Waals surface area contributed by atoms with Crippen LogP contribution in [0.1, 0.15) is 34.6 Å². The lowest BCUT2D eigenvalue weighted by Gasteiger charge is -2.19. The second-order valence-corrected chi connectivity index (χ2v) is 6.74. The highest BCUT2D eigenvalue weighted by Crippen LogP contribution is 2.43. The Labute approximate surface area is 166 Å². The summed E-state index contributed by atoms with van der Waals surface area (Å²) in [6, 6.07) is 5.04. The van der Waals surface area contributed by atoms with Gasteiger partial charge in [0, 0.05) is 23.6 Å². The highest BCUT2D eigenvalue weighted by molar-refractivity contribution is 6.30. The van der Waals surface area contributed by atoms with Crippen molar-refractivity contribution in [3.8, 4) is 0 Å². The molecule has 154 valence electrons. The Morgan fingerprint density at radius 3 is 2.45 bits per heavy atom. The van der Waals surface area contributed by atoms with Crippen molar-refractivity contribution in [1.29, 1.82) is 0 Å². The normalized spacial score (nSPS) is 13.5. The van der Waals surface area contributed by atoms with Crippen molar-refractivity contribution >= 4 is 28.4 Å². The number of nitrogens with zero attached hydrogens (tertiary/aromatic N) is 3. The van der Waals surface area contributed by atoms with Crippen molar-refractivity contribution in [3.63, 3.8) is 0 Å². The highest BCUT2D eigenvalue weighted by Gasteiger charge is 2.59. The Kier molecular flexibility index (Phi) is 5.24. The molecular weight excluding hydrogens is 419 g/mol. The third-order valence-electron chi connectivity index (χ3n) is 4.34. The minimum absolute atomic E-state index is 0.0914. The molecule has 0 fully saturated rings. The molecule has 11 heteroatoms. The fourth-order valence-electron chi connectivity index (χ4n) is 2.67.